The second kappa shape index (κ2) is 8.72. The van der Waals surface area contributed by atoms with E-state index in [0.29, 0.717) is 17.1 Å². The smallest absolute Gasteiger partial charge is 0.387 e. The number of carbonyl (C=O) groups is 1. The van der Waals surface area contributed by atoms with Gasteiger partial charge in [0.1, 0.15) is 11.5 Å². The van der Waals surface area contributed by atoms with Crippen molar-refractivity contribution in [2.24, 2.45) is 0 Å². The average Bonchev–Trinajstić information content (AvgIpc) is 3.21. The van der Waals surface area contributed by atoms with Crippen LogP contribution in [0.4, 0.5) is 8.78 Å². The molecule has 0 aliphatic carbocycles. The molecule has 2 heterocycles. The van der Waals surface area contributed by atoms with E-state index in [1.807, 2.05) is 37.5 Å². The normalized spacial score (nSPS) is 11.4. The molecule has 8 heteroatoms. The molecule has 1 amide bonds. The van der Waals surface area contributed by atoms with Crippen molar-refractivity contribution in [1.82, 2.24) is 15.0 Å². The standard InChI is InChI=1S/C21H21F2N3O3/c1-13-10-16(15(3)26(13)19-11-14(2)29-25-19)8-9-20(27)24-12-17-6-4-5-7-18(17)28-21(22)23/h4-11,21H,12H2,1-3H3,(H,24,27)/b9-8+. The molecule has 2 aromatic heterocycles. The number of amides is 1. The van der Waals surface area contributed by atoms with Crippen molar-refractivity contribution >= 4 is 12.0 Å². The molecule has 0 radical (unpaired) electrons. The van der Waals surface area contributed by atoms with E-state index in [9.17, 15) is 13.6 Å². The first kappa shape index (κ1) is 20.3. The Morgan fingerprint density at radius 3 is 2.72 bits per heavy atom. The van der Waals surface area contributed by atoms with Crippen LogP contribution in [0.3, 0.4) is 0 Å². The topological polar surface area (TPSA) is 69.3 Å². The van der Waals surface area contributed by atoms with Crippen LogP contribution in [0, 0.1) is 20.8 Å². The van der Waals surface area contributed by atoms with Crippen LogP contribution in [-0.4, -0.2) is 22.2 Å². The van der Waals surface area contributed by atoms with Crippen molar-refractivity contribution in [3.63, 3.8) is 0 Å². The number of carbonyl (C=O) groups excluding carboxylic acids is 1. The Labute approximate surface area is 166 Å². The lowest BCUT2D eigenvalue weighted by Gasteiger charge is -2.10. The highest BCUT2D eigenvalue weighted by Gasteiger charge is 2.13. The van der Waals surface area contributed by atoms with E-state index in [0.717, 1.165) is 17.0 Å². The molecular weight excluding hydrogens is 380 g/mol. The summed E-state index contributed by atoms with van der Waals surface area (Å²) in [6.07, 6.45) is 3.10. The SMILES string of the molecule is Cc1cc(-n2c(C)cc(/C=C/C(=O)NCc3ccccc3OC(F)F)c2C)no1. The molecule has 152 valence electrons. The molecule has 1 aromatic carbocycles. The molecule has 0 unspecified atom stereocenters. The summed E-state index contributed by atoms with van der Waals surface area (Å²) in [5.41, 5.74) is 3.19. The largest absolute Gasteiger partial charge is 0.434 e. The minimum Gasteiger partial charge on any atom is -0.434 e. The molecule has 6 nitrogen and oxygen atoms in total. The predicted molar refractivity (Wildman–Crippen MR) is 104 cm³/mol. The third-order valence-electron chi connectivity index (χ3n) is 4.37. The quantitative estimate of drug-likeness (QED) is 0.599. The first-order valence-corrected chi connectivity index (χ1v) is 8.96. The van der Waals surface area contributed by atoms with Gasteiger partial charge in [0.15, 0.2) is 5.82 Å². The highest BCUT2D eigenvalue weighted by Crippen LogP contribution is 2.22. The highest BCUT2D eigenvalue weighted by molar-refractivity contribution is 5.91. The van der Waals surface area contributed by atoms with Crippen LogP contribution >= 0.6 is 0 Å². The number of alkyl halides is 2. The number of hydrogen-bond donors (Lipinski definition) is 1. The summed E-state index contributed by atoms with van der Waals surface area (Å²) in [4.78, 5) is 12.2. The molecular formula is C21H21F2N3O3. The van der Waals surface area contributed by atoms with E-state index in [-0.39, 0.29) is 18.2 Å². The molecule has 0 bridgehead atoms. The third kappa shape index (κ3) is 4.90. The number of ether oxygens (including phenoxy) is 1. The minimum atomic E-state index is -2.92. The van der Waals surface area contributed by atoms with Crippen molar-refractivity contribution in [3.8, 4) is 11.6 Å². The van der Waals surface area contributed by atoms with Crippen molar-refractivity contribution in [2.45, 2.75) is 33.9 Å². The maximum Gasteiger partial charge on any atom is 0.387 e. The lowest BCUT2D eigenvalue weighted by molar-refractivity contribution is -0.116. The Hall–Kier alpha value is -3.42. The molecule has 0 spiro atoms. The Morgan fingerprint density at radius 2 is 2.03 bits per heavy atom. The van der Waals surface area contributed by atoms with Crippen molar-refractivity contribution in [3.05, 3.63) is 70.7 Å². The third-order valence-corrected chi connectivity index (χ3v) is 4.37. The van der Waals surface area contributed by atoms with Gasteiger partial charge in [-0.05, 0) is 44.5 Å². The summed E-state index contributed by atoms with van der Waals surface area (Å²) in [5, 5.41) is 6.70. The van der Waals surface area contributed by atoms with Crippen LogP contribution in [0.1, 0.15) is 28.3 Å². The molecule has 1 N–H and O–H groups in total. The van der Waals surface area contributed by atoms with Gasteiger partial charge < -0.3 is 14.6 Å². The highest BCUT2D eigenvalue weighted by atomic mass is 19.3. The molecule has 0 aliphatic rings. The molecule has 0 saturated carbocycles. The van der Waals surface area contributed by atoms with Crippen LogP contribution in [0.2, 0.25) is 0 Å². The van der Waals surface area contributed by atoms with Gasteiger partial charge in [0.2, 0.25) is 5.91 Å². The van der Waals surface area contributed by atoms with Crippen molar-refractivity contribution in [2.75, 3.05) is 0 Å². The van der Waals surface area contributed by atoms with Gasteiger partial charge in [-0.1, -0.05) is 23.4 Å². The number of nitrogens with one attached hydrogen (secondary N) is 1. The Balaban J connectivity index is 1.68. The van der Waals surface area contributed by atoms with Gasteiger partial charge >= 0.3 is 6.61 Å². The Morgan fingerprint density at radius 1 is 1.28 bits per heavy atom. The number of halogens is 2. The van der Waals surface area contributed by atoms with E-state index >= 15 is 0 Å². The fourth-order valence-corrected chi connectivity index (χ4v) is 3.04. The van der Waals surface area contributed by atoms with Crippen LogP contribution in [0.25, 0.3) is 11.9 Å². The lowest BCUT2D eigenvalue weighted by atomic mass is 10.2. The second-order valence-corrected chi connectivity index (χ2v) is 6.50. The maximum atomic E-state index is 12.5. The number of hydrogen-bond acceptors (Lipinski definition) is 4. The number of benzene rings is 1. The van der Waals surface area contributed by atoms with E-state index < -0.39 is 6.61 Å². The van der Waals surface area contributed by atoms with Crippen LogP contribution in [0.15, 0.2) is 47.0 Å². The van der Waals surface area contributed by atoms with Crippen LogP contribution in [0.5, 0.6) is 5.75 Å². The fraction of sp³-hybridized carbons (Fsp3) is 0.238. The van der Waals surface area contributed by atoms with Gasteiger partial charge in [-0.3, -0.25) is 9.36 Å². The number of para-hydroxylation sites is 1. The van der Waals surface area contributed by atoms with Gasteiger partial charge in [-0.15, -0.1) is 0 Å². The molecule has 3 rings (SSSR count). The Bertz CT molecular complexity index is 1040. The second-order valence-electron chi connectivity index (χ2n) is 6.50. The zero-order valence-electron chi connectivity index (χ0n) is 16.3. The van der Waals surface area contributed by atoms with E-state index in [2.05, 4.69) is 15.2 Å². The molecule has 0 saturated heterocycles. The summed E-state index contributed by atoms with van der Waals surface area (Å²) < 4.78 is 36.5. The summed E-state index contributed by atoms with van der Waals surface area (Å²) >= 11 is 0. The van der Waals surface area contributed by atoms with E-state index in [4.69, 9.17) is 4.52 Å². The predicted octanol–water partition coefficient (Wildman–Crippen LogP) is 4.32. The number of nitrogens with zero attached hydrogens (tertiary/aromatic N) is 2. The first-order valence-electron chi connectivity index (χ1n) is 8.96. The van der Waals surface area contributed by atoms with Crippen LogP contribution in [-0.2, 0) is 11.3 Å². The van der Waals surface area contributed by atoms with Gasteiger partial charge in [0.25, 0.3) is 0 Å². The molecule has 0 aliphatic heterocycles. The summed E-state index contributed by atoms with van der Waals surface area (Å²) in [5.74, 6) is 1.08. The Kier molecular flexibility index (Phi) is 6.11. The summed E-state index contributed by atoms with van der Waals surface area (Å²) in [6.45, 7) is 2.83. The fourth-order valence-electron chi connectivity index (χ4n) is 3.04. The summed E-state index contributed by atoms with van der Waals surface area (Å²) in [6, 6.07) is 10.1. The van der Waals surface area contributed by atoms with Crippen molar-refractivity contribution in [1.29, 1.82) is 0 Å². The van der Waals surface area contributed by atoms with E-state index in [1.54, 1.807) is 24.3 Å². The zero-order valence-corrected chi connectivity index (χ0v) is 16.3. The van der Waals surface area contributed by atoms with Gasteiger partial charge in [0.05, 0.1) is 0 Å². The van der Waals surface area contributed by atoms with Gasteiger partial charge in [-0.25, -0.2) is 0 Å². The van der Waals surface area contributed by atoms with Crippen molar-refractivity contribution < 1.29 is 22.8 Å². The molecule has 0 fully saturated rings. The van der Waals surface area contributed by atoms with Gasteiger partial charge in [-0.2, -0.15) is 8.78 Å². The molecule has 29 heavy (non-hydrogen) atoms. The molecule has 0 atom stereocenters. The average molecular weight is 401 g/mol. The number of aryl methyl sites for hydroxylation is 2. The first-order chi connectivity index (χ1) is 13.8. The molecule has 3 aromatic rings. The number of rotatable bonds is 7. The number of aromatic nitrogens is 2. The van der Waals surface area contributed by atoms with Crippen LogP contribution < -0.4 is 10.1 Å². The van der Waals surface area contributed by atoms with Gasteiger partial charge in [0, 0.05) is 35.6 Å². The lowest BCUT2D eigenvalue weighted by Crippen LogP contribution is -2.21. The monoisotopic (exact) mass is 401 g/mol. The zero-order chi connectivity index (χ0) is 21.0. The maximum absolute atomic E-state index is 12.5. The minimum absolute atomic E-state index is 0.0400. The summed E-state index contributed by atoms with van der Waals surface area (Å²) in [7, 11) is 0. The van der Waals surface area contributed by atoms with E-state index in [1.165, 1.54) is 12.1 Å².